The molecular weight excluding hydrogens is 234 g/mol. The van der Waals surface area contributed by atoms with Gasteiger partial charge in [-0.1, -0.05) is 35.9 Å². The molecule has 1 unspecified atom stereocenters. The van der Waals surface area contributed by atoms with E-state index in [4.69, 9.17) is 0 Å². The molecule has 0 heterocycles. The van der Waals surface area contributed by atoms with E-state index in [1.165, 1.54) is 22.3 Å². The second kappa shape index (κ2) is 5.89. The minimum atomic E-state index is -0.0667. The number of para-hydroxylation sites is 1. The lowest BCUT2D eigenvalue weighted by atomic mass is 9.94. The predicted octanol–water partition coefficient (Wildman–Crippen LogP) is 3.76. The van der Waals surface area contributed by atoms with Crippen molar-refractivity contribution in [1.82, 2.24) is 0 Å². The SMILES string of the molecule is Cc1cc(C)c(C(CO)Nc2ccccc2)c(C)c1. The molecule has 0 spiro atoms. The molecule has 0 aromatic heterocycles. The van der Waals surface area contributed by atoms with Gasteiger partial charge in [0, 0.05) is 5.69 Å². The van der Waals surface area contributed by atoms with Crippen molar-refractivity contribution in [3.8, 4) is 0 Å². The fraction of sp³-hybridized carbons (Fsp3) is 0.294. The number of benzene rings is 2. The normalized spacial score (nSPS) is 12.2. The highest BCUT2D eigenvalue weighted by Gasteiger charge is 2.15. The van der Waals surface area contributed by atoms with E-state index >= 15 is 0 Å². The van der Waals surface area contributed by atoms with Crippen LogP contribution in [0, 0.1) is 20.8 Å². The van der Waals surface area contributed by atoms with Crippen LogP contribution < -0.4 is 5.32 Å². The molecule has 0 radical (unpaired) electrons. The minimum absolute atomic E-state index is 0.0667. The summed E-state index contributed by atoms with van der Waals surface area (Å²) in [5.41, 5.74) is 5.92. The molecule has 2 heteroatoms. The lowest BCUT2D eigenvalue weighted by Gasteiger charge is -2.22. The summed E-state index contributed by atoms with van der Waals surface area (Å²) in [4.78, 5) is 0. The van der Waals surface area contributed by atoms with Gasteiger partial charge in [0.15, 0.2) is 0 Å². The van der Waals surface area contributed by atoms with Gasteiger partial charge in [0.2, 0.25) is 0 Å². The van der Waals surface area contributed by atoms with E-state index in [2.05, 4.69) is 38.2 Å². The van der Waals surface area contributed by atoms with Crippen molar-refractivity contribution in [2.45, 2.75) is 26.8 Å². The number of aryl methyl sites for hydroxylation is 3. The Balaban J connectivity index is 2.32. The van der Waals surface area contributed by atoms with Crippen LogP contribution in [0.5, 0.6) is 0 Å². The summed E-state index contributed by atoms with van der Waals surface area (Å²) in [5, 5.41) is 13.1. The van der Waals surface area contributed by atoms with Crippen LogP contribution in [0.1, 0.15) is 28.3 Å². The van der Waals surface area contributed by atoms with E-state index < -0.39 is 0 Å². The summed E-state index contributed by atoms with van der Waals surface area (Å²) in [5.74, 6) is 0. The van der Waals surface area contributed by atoms with Crippen LogP contribution >= 0.6 is 0 Å². The summed E-state index contributed by atoms with van der Waals surface area (Å²) in [6.45, 7) is 6.39. The highest BCUT2D eigenvalue weighted by atomic mass is 16.3. The monoisotopic (exact) mass is 255 g/mol. The molecule has 0 aliphatic rings. The minimum Gasteiger partial charge on any atom is -0.394 e. The molecule has 0 saturated heterocycles. The molecule has 2 aromatic rings. The van der Waals surface area contributed by atoms with Crippen LogP contribution in [0.25, 0.3) is 0 Å². The summed E-state index contributed by atoms with van der Waals surface area (Å²) in [7, 11) is 0. The molecule has 2 aromatic carbocycles. The summed E-state index contributed by atoms with van der Waals surface area (Å²) in [6.07, 6.45) is 0. The lowest BCUT2D eigenvalue weighted by Crippen LogP contribution is -2.17. The zero-order valence-corrected chi connectivity index (χ0v) is 11.8. The number of aliphatic hydroxyl groups excluding tert-OH is 1. The maximum atomic E-state index is 9.70. The zero-order valence-electron chi connectivity index (χ0n) is 11.8. The first-order valence-electron chi connectivity index (χ1n) is 6.62. The van der Waals surface area contributed by atoms with E-state index in [1.807, 2.05) is 30.3 Å². The Hall–Kier alpha value is -1.80. The summed E-state index contributed by atoms with van der Waals surface area (Å²) in [6, 6.07) is 14.3. The fourth-order valence-electron chi connectivity index (χ4n) is 2.69. The summed E-state index contributed by atoms with van der Waals surface area (Å²) >= 11 is 0. The van der Waals surface area contributed by atoms with Crippen molar-refractivity contribution in [3.05, 3.63) is 64.7 Å². The van der Waals surface area contributed by atoms with Crippen molar-refractivity contribution in [1.29, 1.82) is 0 Å². The Morgan fingerprint density at radius 2 is 1.58 bits per heavy atom. The third-order valence-electron chi connectivity index (χ3n) is 3.38. The third kappa shape index (κ3) is 3.15. The molecule has 0 fully saturated rings. The van der Waals surface area contributed by atoms with Gasteiger partial charge in [0.05, 0.1) is 12.6 Å². The van der Waals surface area contributed by atoms with Crippen LogP contribution in [0.15, 0.2) is 42.5 Å². The van der Waals surface area contributed by atoms with E-state index in [0.717, 1.165) is 5.69 Å². The molecule has 100 valence electrons. The fourth-order valence-corrected chi connectivity index (χ4v) is 2.69. The molecule has 0 saturated carbocycles. The number of aliphatic hydroxyl groups is 1. The van der Waals surface area contributed by atoms with Crippen molar-refractivity contribution in [3.63, 3.8) is 0 Å². The Morgan fingerprint density at radius 1 is 1.00 bits per heavy atom. The van der Waals surface area contributed by atoms with Crippen LogP contribution in [0.4, 0.5) is 5.69 Å². The molecule has 0 aliphatic heterocycles. The highest BCUT2D eigenvalue weighted by molar-refractivity contribution is 5.48. The van der Waals surface area contributed by atoms with Gasteiger partial charge in [-0.2, -0.15) is 0 Å². The van der Waals surface area contributed by atoms with Gasteiger partial charge < -0.3 is 10.4 Å². The predicted molar refractivity (Wildman–Crippen MR) is 80.5 cm³/mol. The van der Waals surface area contributed by atoms with E-state index in [-0.39, 0.29) is 12.6 Å². The molecule has 2 nitrogen and oxygen atoms in total. The molecule has 0 amide bonds. The number of rotatable bonds is 4. The van der Waals surface area contributed by atoms with Gasteiger partial charge in [0.1, 0.15) is 0 Å². The third-order valence-corrected chi connectivity index (χ3v) is 3.38. The maximum absolute atomic E-state index is 9.70. The van der Waals surface area contributed by atoms with Gasteiger partial charge in [-0.25, -0.2) is 0 Å². The van der Waals surface area contributed by atoms with Crippen LogP contribution in [0.3, 0.4) is 0 Å². The molecular formula is C17H21NO. The van der Waals surface area contributed by atoms with Gasteiger partial charge in [0.25, 0.3) is 0 Å². The van der Waals surface area contributed by atoms with Crippen LogP contribution in [0.2, 0.25) is 0 Å². The first-order valence-corrected chi connectivity index (χ1v) is 6.62. The van der Waals surface area contributed by atoms with Crippen molar-refractivity contribution < 1.29 is 5.11 Å². The average Bonchev–Trinajstić information content (AvgIpc) is 2.37. The topological polar surface area (TPSA) is 32.3 Å². The molecule has 2 rings (SSSR count). The Kier molecular flexibility index (Phi) is 4.23. The second-order valence-electron chi connectivity index (χ2n) is 5.06. The van der Waals surface area contributed by atoms with Crippen molar-refractivity contribution in [2.24, 2.45) is 0 Å². The van der Waals surface area contributed by atoms with Crippen LogP contribution in [-0.2, 0) is 0 Å². The quantitative estimate of drug-likeness (QED) is 0.872. The average molecular weight is 255 g/mol. The van der Waals surface area contributed by atoms with Crippen molar-refractivity contribution >= 4 is 5.69 Å². The lowest BCUT2D eigenvalue weighted by molar-refractivity contribution is 0.275. The van der Waals surface area contributed by atoms with Crippen molar-refractivity contribution in [2.75, 3.05) is 11.9 Å². The number of nitrogens with one attached hydrogen (secondary N) is 1. The van der Waals surface area contributed by atoms with E-state index in [0.29, 0.717) is 0 Å². The van der Waals surface area contributed by atoms with Gasteiger partial charge in [-0.3, -0.25) is 0 Å². The molecule has 0 aliphatic carbocycles. The first-order chi connectivity index (χ1) is 9.11. The van der Waals surface area contributed by atoms with E-state index in [9.17, 15) is 5.11 Å². The second-order valence-corrected chi connectivity index (χ2v) is 5.06. The molecule has 0 bridgehead atoms. The summed E-state index contributed by atoms with van der Waals surface area (Å²) < 4.78 is 0. The number of hydrogen-bond acceptors (Lipinski definition) is 2. The van der Waals surface area contributed by atoms with Gasteiger partial charge >= 0.3 is 0 Å². The van der Waals surface area contributed by atoms with Gasteiger partial charge in [-0.15, -0.1) is 0 Å². The standard InChI is InChI=1S/C17H21NO/c1-12-9-13(2)17(14(3)10-12)16(11-19)18-15-7-5-4-6-8-15/h4-10,16,18-19H,11H2,1-3H3. The van der Waals surface area contributed by atoms with Gasteiger partial charge in [-0.05, 0) is 49.6 Å². The molecule has 2 N–H and O–H groups in total. The zero-order chi connectivity index (χ0) is 13.8. The number of anilines is 1. The Bertz CT molecular complexity index is 525. The number of hydrogen-bond donors (Lipinski definition) is 2. The first kappa shape index (κ1) is 13.6. The largest absolute Gasteiger partial charge is 0.394 e. The highest BCUT2D eigenvalue weighted by Crippen LogP contribution is 2.26. The maximum Gasteiger partial charge on any atom is 0.0750 e. The Labute approximate surface area is 115 Å². The molecule has 1 atom stereocenters. The smallest absolute Gasteiger partial charge is 0.0750 e. The van der Waals surface area contributed by atoms with E-state index in [1.54, 1.807) is 0 Å². The Morgan fingerprint density at radius 3 is 2.11 bits per heavy atom. The van der Waals surface area contributed by atoms with Crippen LogP contribution in [-0.4, -0.2) is 11.7 Å². The molecule has 19 heavy (non-hydrogen) atoms.